The maximum Gasteiger partial charge on any atom is 0.264 e. The van der Waals surface area contributed by atoms with Gasteiger partial charge in [-0.1, -0.05) is 72.1 Å². The van der Waals surface area contributed by atoms with Gasteiger partial charge in [-0.25, -0.2) is 8.42 Å². The van der Waals surface area contributed by atoms with E-state index < -0.39 is 28.5 Å². The smallest absolute Gasteiger partial charge is 0.264 e. The van der Waals surface area contributed by atoms with Crippen LogP contribution < -0.4 is 9.62 Å². The first-order chi connectivity index (χ1) is 18.0. The number of hydrogen-bond donors (Lipinski definition) is 1. The van der Waals surface area contributed by atoms with E-state index in [-0.39, 0.29) is 17.3 Å². The molecule has 3 aromatic carbocycles. The van der Waals surface area contributed by atoms with Crippen LogP contribution in [0.5, 0.6) is 0 Å². The Morgan fingerprint density at radius 1 is 0.947 bits per heavy atom. The Hall–Kier alpha value is -3.07. The van der Waals surface area contributed by atoms with Crippen LogP contribution in [0.1, 0.15) is 31.4 Å². The van der Waals surface area contributed by atoms with Crippen molar-refractivity contribution in [1.82, 2.24) is 10.2 Å². The fourth-order valence-corrected chi connectivity index (χ4v) is 5.53. The van der Waals surface area contributed by atoms with E-state index in [0.29, 0.717) is 27.8 Å². The Labute approximate surface area is 234 Å². The fourth-order valence-electron chi connectivity index (χ4n) is 3.77. The highest BCUT2D eigenvalue weighted by Crippen LogP contribution is 2.26. The molecule has 202 valence electrons. The number of benzene rings is 3. The lowest BCUT2D eigenvalue weighted by Gasteiger charge is -2.32. The Morgan fingerprint density at radius 3 is 2.21 bits per heavy atom. The minimum atomic E-state index is -4.09. The highest BCUT2D eigenvalue weighted by molar-refractivity contribution is 7.92. The zero-order chi connectivity index (χ0) is 27.9. The van der Waals surface area contributed by atoms with E-state index >= 15 is 0 Å². The molecule has 0 saturated carbocycles. The third-order valence-corrected chi connectivity index (χ3v) is 8.51. The molecule has 0 unspecified atom stereocenters. The summed E-state index contributed by atoms with van der Waals surface area (Å²) in [5.74, 6) is -0.886. The molecule has 3 aromatic rings. The van der Waals surface area contributed by atoms with Gasteiger partial charge in [-0.3, -0.25) is 13.9 Å². The van der Waals surface area contributed by atoms with E-state index in [1.54, 1.807) is 67.6 Å². The molecule has 0 heterocycles. The number of aryl methyl sites for hydroxylation is 1. The first-order valence-corrected chi connectivity index (χ1v) is 14.4. The highest BCUT2D eigenvalue weighted by atomic mass is 35.5. The van der Waals surface area contributed by atoms with Crippen LogP contribution in [0, 0.1) is 6.92 Å². The number of rotatable bonds is 11. The number of carbonyl (C=O) groups is 2. The molecule has 7 nitrogen and oxygen atoms in total. The third-order valence-electron chi connectivity index (χ3n) is 5.99. The average molecular weight is 577 g/mol. The van der Waals surface area contributed by atoms with Crippen molar-refractivity contribution >= 4 is 50.7 Å². The summed E-state index contributed by atoms with van der Waals surface area (Å²) in [5.41, 5.74) is 1.93. The maximum absolute atomic E-state index is 13.8. The monoisotopic (exact) mass is 575 g/mol. The van der Waals surface area contributed by atoms with Crippen LogP contribution >= 0.6 is 23.2 Å². The summed E-state index contributed by atoms with van der Waals surface area (Å²) >= 11 is 12.2. The predicted octanol–water partition coefficient (Wildman–Crippen LogP) is 5.44. The molecule has 38 heavy (non-hydrogen) atoms. The van der Waals surface area contributed by atoms with Gasteiger partial charge < -0.3 is 10.2 Å². The van der Waals surface area contributed by atoms with Gasteiger partial charge in [0.1, 0.15) is 12.6 Å². The molecule has 0 aliphatic rings. The maximum atomic E-state index is 13.8. The Bertz CT molecular complexity index is 1370. The lowest BCUT2D eigenvalue weighted by molar-refractivity contribution is -0.139. The van der Waals surface area contributed by atoms with E-state index in [4.69, 9.17) is 23.2 Å². The molecule has 1 atom stereocenters. The lowest BCUT2D eigenvalue weighted by atomic mass is 10.1. The number of halogens is 2. The molecule has 0 aliphatic heterocycles. The molecular weight excluding hydrogens is 545 g/mol. The average Bonchev–Trinajstić information content (AvgIpc) is 2.91. The van der Waals surface area contributed by atoms with Crippen molar-refractivity contribution in [3.63, 3.8) is 0 Å². The predicted molar refractivity (Wildman–Crippen MR) is 152 cm³/mol. The minimum Gasteiger partial charge on any atom is -0.354 e. The summed E-state index contributed by atoms with van der Waals surface area (Å²) in [7, 11) is -4.09. The van der Waals surface area contributed by atoms with E-state index in [9.17, 15) is 18.0 Å². The van der Waals surface area contributed by atoms with Crippen molar-refractivity contribution in [3.05, 3.63) is 94.0 Å². The summed E-state index contributed by atoms with van der Waals surface area (Å²) in [6.07, 6.45) is 0.732. The summed E-state index contributed by atoms with van der Waals surface area (Å²) in [4.78, 5) is 28.1. The molecule has 2 amide bonds. The van der Waals surface area contributed by atoms with Gasteiger partial charge in [0.05, 0.1) is 20.6 Å². The van der Waals surface area contributed by atoms with E-state index in [2.05, 4.69) is 5.32 Å². The lowest BCUT2D eigenvalue weighted by Crippen LogP contribution is -2.51. The largest absolute Gasteiger partial charge is 0.354 e. The molecule has 0 aromatic heterocycles. The number of nitrogens with one attached hydrogen (secondary N) is 1. The van der Waals surface area contributed by atoms with Crippen LogP contribution in [0.3, 0.4) is 0 Å². The van der Waals surface area contributed by atoms with Crippen molar-refractivity contribution in [2.24, 2.45) is 0 Å². The molecular formula is C28H31Cl2N3O4S. The van der Waals surface area contributed by atoms with Crippen LogP contribution in [0.25, 0.3) is 0 Å². The van der Waals surface area contributed by atoms with E-state index in [1.807, 2.05) is 13.8 Å². The first kappa shape index (κ1) is 29.5. The van der Waals surface area contributed by atoms with Crippen LogP contribution in [-0.4, -0.2) is 44.3 Å². The number of anilines is 1. The van der Waals surface area contributed by atoms with Gasteiger partial charge in [-0.05, 0) is 62.2 Å². The first-order valence-electron chi connectivity index (χ1n) is 12.2. The molecule has 1 N–H and O–H groups in total. The Balaban J connectivity index is 2.01. The molecule has 0 fully saturated rings. The van der Waals surface area contributed by atoms with Crippen molar-refractivity contribution < 1.29 is 18.0 Å². The van der Waals surface area contributed by atoms with Crippen molar-refractivity contribution in [2.45, 2.75) is 44.7 Å². The van der Waals surface area contributed by atoms with Gasteiger partial charge in [0, 0.05) is 13.1 Å². The normalized spacial score (nSPS) is 12.0. The van der Waals surface area contributed by atoms with Gasteiger partial charge in [-0.15, -0.1) is 0 Å². The fraction of sp³-hybridized carbons (Fsp3) is 0.286. The molecule has 0 saturated heterocycles. The van der Waals surface area contributed by atoms with Crippen LogP contribution in [0.15, 0.2) is 77.7 Å². The summed E-state index contributed by atoms with van der Waals surface area (Å²) in [6, 6.07) is 18.9. The summed E-state index contributed by atoms with van der Waals surface area (Å²) < 4.78 is 28.5. The number of hydrogen-bond acceptors (Lipinski definition) is 4. The molecule has 10 heteroatoms. The zero-order valence-electron chi connectivity index (χ0n) is 21.5. The Kier molecular flexibility index (Phi) is 10.2. The van der Waals surface area contributed by atoms with Gasteiger partial charge in [0.15, 0.2) is 0 Å². The Morgan fingerprint density at radius 2 is 1.61 bits per heavy atom. The quantitative estimate of drug-likeness (QED) is 0.330. The molecule has 0 bridgehead atoms. The van der Waals surface area contributed by atoms with Crippen molar-refractivity contribution in [2.75, 3.05) is 17.4 Å². The molecule has 0 spiro atoms. The number of carbonyl (C=O) groups excluding carboxylic acids is 2. The standard InChI is InChI=1S/C28H31Cl2N3O4S/c1-4-16-31-28(35)21(3)32(18-22-12-15-25(29)26(30)17-22)27(34)19-33(23-13-10-20(2)11-14-23)38(36,37)24-8-6-5-7-9-24/h5-15,17,21H,4,16,18-19H2,1-3H3,(H,31,35)/t21-/m0/s1. The summed E-state index contributed by atoms with van der Waals surface area (Å²) in [6.45, 7) is 5.41. The second-order valence-corrected chi connectivity index (χ2v) is 11.6. The van der Waals surface area contributed by atoms with Gasteiger partial charge >= 0.3 is 0 Å². The van der Waals surface area contributed by atoms with Gasteiger partial charge in [0.25, 0.3) is 10.0 Å². The minimum absolute atomic E-state index is 0.0313. The number of nitrogens with zero attached hydrogens (tertiary/aromatic N) is 2. The molecule has 3 rings (SSSR count). The number of sulfonamides is 1. The van der Waals surface area contributed by atoms with Crippen LogP contribution in [0.4, 0.5) is 5.69 Å². The van der Waals surface area contributed by atoms with Gasteiger partial charge in [0.2, 0.25) is 11.8 Å². The highest BCUT2D eigenvalue weighted by Gasteiger charge is 2.32. The molecule has 0 radical (unpaired) electrons. The van der Waals surface area contributed by atoms with Crippen LogP contribution in [0.2, 0.25) is 10.0 Å². The van der Waals surface area contributed by atoms with Gasteiger partial charge in [-0.2, -0.15) is 0 Å². The third kappa shape index (κ3) is 7.28. The topological polar surface area (TPSA) is 86.8 Å². The second kappa shape index (κ2) is 13.1. The van der Waals surface area contributed by atoms with Crippen LogP contribution in [-0.2, 0) is 26.2 Å². The zero-order valence-corrected chi connectivity index (χ0v) is 23.9. The van der Waals surface area contributed by atoms with Crippen molar-refractivity contribution in [1.29, 1.82) is 0 Å². The second-order valence-electron chi connectivity index (χ2n) is 8.90. The van der Waals surface area contributed by atoms with E-state index in [0.717, 1.165) is 16.3 Å². The SMILES string of the molecule is CCCNC(=O)[C@H](C)N(Cc1ccc(Cl)c(Cl)c1)C(=O)CN(c1ccc(C)cc1)S(=O)(=O)c1ccccc1. The molecule has 0 aliphatic carbocycles. The van der Waals surface area contributed by atoms with Crippen molar-refractivity contribution in [3.8, 4) is 0 Å². The summed E-state index contributed by atoms with van der Waals surface area (Å²) in [5, 5.41) is 3.48. The number of amides is 2. The van der Waals surface area contributed by atoms with E-state index in [1.165, 1.54) is 17.0 Å².